The van der Waals surface area contributed by atoms with Crippen LogP contribution in [0.4, 0.5) is 10.1 Å². The first-order valence-corrected chi connectivity index (χ1v) is 5.62. The van der Waals surface area contributed by atoms with Crippen LogP contribution in [0.25, 0.3) is 0 Å². The minimum atomic E-state index is -1.23. The molecule has 0 aliphatic heterocycles. The van der Waals surface area contributed by atoms with Crippen LogP contribution in [0.3, 0.4) is 0 Å². The number of carbonyl (C=O) groups is 2. The summed E-state index contributed by atoms with van der Waals surface area (Å²) in [5, 5.41) is 20.8. The zero-order valence-corrected chi connectivity index (χ0v) is 10.4. The molecule has 1 aromatic heterocycles. The number of rotatable bonds is 3. The van der Waals surface area contributed by atoms with E-state index >= 15 is 0 Å². The van der Waals surface area contributed by atoms with Gasteiger partial charge in [-0.25, -0.2) is 9.18 Å². The van der Waals surface area contributed by atoms with Crippen LogP contribution in [-0.4, -0.2) is 27.1 Å². The van der Waals surface area contributed by atoms with Gasteiger partial charge in [0.25, 0.3) is 5.91 Å². The zero-order chi connectivity index (χ0) is 14.9. The molecule has 0 spiro atoms. The SMILES string of the molecule is Cc1[nH]cc(NC(=O)c2c(O)cccc2F)c1C(=O)O. The average Bonchev–Trinajstić information content (AvgIpc) is 2.70. The third-order valence-electron chi connectivity index (χ3n) is 2.76. The Morgan fingerprint density at radius 1 is 1.30 bits per heavy atom. The smallest absolute Gasteiger partial charge is 0.339 e. The number of carbonyl (C=O) groups excluding carboxylic acids is 1. The van der Waals surface area contributed by atoms with E-state index in [4.69, 9.17) is 5.11 Å². The maximum absolute atomic E-state index is 13.5. The first kappa shape index (κ1) is 13.6. The predicted molar refractivity (Wildman–Crippen MR) is 68.5 cm³/mol. The van der Waals surface area contributed by atoms with Crippen molar-refractivity contribution >= 4 is 17.6 Å². The molecule has 6 nitrogen and oxygen atoms in total. The van der Waals surface area contributed by atoms with E-state index in [0.29, 0.717) is 5.69 Å². The monoisotopic (exact) mass is 278 g/mol. The van der Waals surface area contributed by atoms with Crippen molar-refractivity contribution in [2.45, 2.75) is 6.92 Å². The highest BCUT2D eigenvalue weighted by atomic mass is 19.1. The Hall–Kier alpha value is -2.83. The second kappa shape index (κ2) is 5.04. The second-order valence-electron chi connectivity index (χ2n) is 4.10. The summed E-state index contributed by atoms with van der Waals surface area (Å²) in [7, 11) is 0. The van der Waals surface area contributed by atoms with Crippen molar-refractivity contribution in [3.63, 3.8) is 0 Å². The van der Waals surface area contributed by atoms with Crippen LogP contribution in [0.15, 0.2) is 24.4 Å². The molecule has 0 radical (unpaired) electrons. The maximum atomic E-state index is 13.5. The van der Waals surface area contributed by atoms with E-state index in [0.717, 1.165) is 6.07 Å². The number of H-pyrrole nitrogens is 1. The molecule has 0 unspecified atom stereocenters. The number of anilines is 1. The van der Waals surface area contributed by atoms with Crippen molar-refractivity contribution < 1.29 is 24.2 Å². The number of carboxylic acids is 1. The predicted octanol–water partition coefficient (Wildman–Crippen LogP) is 2.12. The molecule has 0 bridgehead atoms. The van der Waals surface area contributed by atoms with Crippen molar-refractivity contribution in [3.8, 4) is 5.75 Å². The van der Waals surface area contributed by atoms with Crippen LogP contribution in [0.5, 0.6) is 5.75 Å². The van der Waals surface area contributed by atoms with E-state index in [1.165, 1.54) is 25.3 Å². The summed E-state index contributed by atoms with van der Waals surface area (Å²) in [4.78, 5) is 25.6. The molecule has 1 aromatic carbocycles. The topological polar surface area (TPSA) is 102 Å². The number of phenolic OH excluding ortho intramolecular Hbond substituents is 1. The number of nitrogens with one attached hydrogen (secondary N) is 2. The molecular formula is C13H11FN2O4. The summed E-state index contributed by atoms with van der Waals surface area (Å²) in [6, 6.07) is 3.44. The lowest BCUT2D eigenvalue weighted by atomic mass is 10.1. The molecule has 0 aliphatic carbocycles. The van der Waals surface area contributed by atoms with Gasteiger partial charge in [-0.1, -0.05) is 6.07 Å². The molecule has 0 saturated heterocycles. The van der Waals surface area contributed by atoms with Crippen molar-refractivity contribution in [3.05, 3.63) is 47.0 Å². The van der Waals surface area contributed by atoms with E-state index < -0.39 is 29.0 Å². The van der Waals surface area contributed by atoms with E-state index in [2.05, 4.69) is 10.3 Å². The fraction of sp³-hybridized carbons (Fsp3) is 0.0769. The molecule has 104 valence electrons. The Labute approximate surface area is 112 Å². The number of benzene rings is 1. The van der Waals surface area contributed by atoms with Crippen molar-refractivity contribution in [2.75, 3.05) is 5.32 Å². The highest BCUT2D eigenvalue weighted by molar-refractivity contribution is 6.09. The van der Waals surface area contributed by atoms with E-state index in [-0.39, 0.29) is 11.3 Å². The van der Waals surface area contributed by atoms with Gasteiger partial charge in [-0.2, -0.15) is 0 Å². The molecule has 2 aromatic rings. The Morgan fingerprint density at radius 2 is 2.00 bits per heavy atom. The van der Waals surface area contributed by atoms with Crippen LogP contribution >= 0.6 is 0 Å². The summed E-state index contributed by atoms with van der Waals surface area (Å²) in [5.41, 5.74) is -0.301. The Balaban J connectivity index is 2.36. The third kappa shape index (κ3) is 2.33. The number of hydrogen-bond donors (Lipinski definition) is 4. The van der Waals surface area contributed by atoms with Crippen LogP contribution in [0.2, 0.25) is 0 Å². The Kier molecular flexibility index (Phi) is 3.43. The summed E-state index contributed by atoms with van der Waals surface area (Å²) in [6.45, 7) is 1.53. The Morgan fingerprint density at radius 3 is 2.60 bits per heavy atom. The lowest BCUT2D eigenvalue weighted by Gasteiger charge is -2.07. The lowest BCUT2D eigenvalue weighted by Crippen LogP contribution is -2.15. The number of aromatic carboxylic acids is 1. The molecule has 2 rings (SSSR count). The molecular weight excluding hydrogens is 267 g/mol. The fourth-order valence-electron chi connectivity index (χ4n) is 1.82. The quantitative estimate of drug-likeness (QED) is 0.690. The molecule has 1 heterocycles. The molecule has 0 aliphatic rings. The van der Waals surface area contributed by atoms with Crippen molar-refractivity contribution in [2.24, 2.45) is 0 Å². The third-order valence-corrected chi connectivity index (χ3v) is 2.76. The molecule has 0 fully saturated rings. The van der Waals surface area contributed by atoms with Gasteiger partial charge in [0.2, 0.25) is 0 Å². The Bertz CT molecular complexity index is 673. The normalized spacial score (nSPS) is 10.3. The summed E-state index contributed by atoms with van der Waals surface area (Å²) in [6.07, 6.45) is 1.29. The number of carboxylic acid groups (broad SMARTS) is 1. The summed E-state index contributed by atoms with van der Waals surface area (Å²) >= 11 is 0. The van der Waals surface area contributed by atoms with Gasteiger partial charge in [-0.05, 0) is 19.1 Å². The number of phenols is 1. The van der Waals surface area contributed by atoms with Gasteiger partial charge in [-0.15, -0.1) is 0 Å². The van der Waals surface area contributed by atoms with Gasteiger partial charge in [0, 0.05) is 11.9 Å². The number of aromatic amines is 1. The summed E-state index contributed by atoms with van der Waals surface area (Å²) in [5.74, 6) is -3.57. The highest BCUT2D eigenvalue weighted by Crippen LogP contribution is 2.24. The maximum Gasteiger partial charge on any atom is 0.339 e. The van der Waals surface area contributed by atoms with Gasteiger partial charge < -0.3 is 20.5 Å². The number of aromatic hydroxyl groups is 1. The fourth-order valence-corrected chi connectivity index (χ4v) is 1.82. The van der Waals surface area contributed by atoms with Gasteiger partial charge in [0.1, 0.15) is 22.7 Å². The average molecular weight is 278 g/mol. The van der Waals surface area contributed by atoms with Gasteiger partial charge in [0.15, 0.2) is 0 Å². The van der Waals surface area contributed by atoms with E-state index in [9.17, 15) is 19.1 Å². The molecule has 20 heavy (non-hydrogen) atoms. The zero-order valence-electron chi connectivity index (χ0n) is 10.4. The van der Waals surface area contributed by atoms with Crippen LogP contribution in [0.1, 0.15) is 26.4 Å². The molecule has 0 saturated carbocycles. The van der Waals surface area contributed by atoms with Gasteiger partial charge in [-0.3, -0.25) is 4.79 Å². The molecule has 1 amide bonds. The standard InChI is InChI=1S/C13H11FN2O4/c1-6-10(13(19)20)8(5-15-6)16-12(18)11-7(14)3-2-4-9(11)17/h2-5,15,17H,1H3,(H,16,18)(H,19,20). The van der Waals surface area contributed by atoms with Gasteiger partial charge >= 0.3 is 5.97 Å². The van der Waals surface area contributed by atoms with E-state index in [1.807, 2.05) is 0 Å². The molecule has 0 atom stereocenters. The number of halogens is 1. The number of aryl methyl sites for hydroxylation is 1. The van der Waals surface area contributed by atoms with E-state index in [1.54, 1.807) is 0 Å². The summed E-state index contributed by atoms with van der Waals surface area (Å²) < 4.78 is 13.5. The van der Waals surface area contributed by atoms with Gasteiger partial charge in [0.05, 0.1) is 5.69 Å². The van der Waals surface area contributed by atoms with Crippen LogP contribution in [0, 0.1) is 12.7 Å². The minimum Gasteiger partial charge on any atom is -0.507 e. The minimum absolute atomic E-state index is 0.00246. The second-order valence-corrected chi connectivity index (χ2v) is 4.10. The first-order valence-electron chi connectivity index (χ1n) is 5.62. The number of hydrogen-bond acceptors (Lipinski definition) is 3. The van der Waals surface area contributed by atoms with Crippen LogP contribution in [-0.2, 0) is 0 Å². The largest absolute Gasteiger partial charge is 0.507 e. The van der Waals surface area contributed by atoms with Crippen LogP contribution < -0.4 is 5.32 Å². The number of aromatic nitrogens is 1. The van der Waals surface area contributed by atoms with Crippen molar-refractivity contribution in [1.29, 1.82) is 0 Å². The first-order chi connectivity index (χ1) is 9.41. The van der Waals surface area contributed by atoms with Crippen molar-refractivity contribution in [1.82, 2.24) is 4.98 Å². The molecule has 4 N–H and O–H groups in total. The number of amides is 1. The lowest BCUT2D eigenvalue weighted by molar-refractivity contribution is 0.0697. The highest BCUT2D eigenvalue weighted by Gasteiger charge is 2.21. The molecule has 7 heteroatoms.